The molecule has 0 spiro atoms. The van der Waals surface area contributed by atoms with E-state index in [0.717, 1.165) is 6.42 Å². The molecule has 1 nitrogen and oxygen atoms in total. The fourth-order valence-electron chi connectivity index (χ4n) is 1.68. The second kappa shape index (κ2) is 14.4. The molecule has 1 radical (unpaired) electrons. The molecule has 1 heteroatoms. The van der Waals surface area contributed by atoms with Crippen molar-refractivity contribution in [1.29, 1.82) is 0 Å². The summed E-state index contributed by atoms with van der Waals surface area (Å²) in [6.45, 7) is 5.72. The highest BCUT2D eigenvalue weighted by Crippen LogP contribution is 2.10. The van der Waals surface area contributed by atoms with E-state index in [1.165, 1.54) is 57.8 Å². The molecule has 0 unspecified atom stereocenters. The van der Waals surface area contributed by atoms with E-state index in [-0.39, 0.29) is 0 Å². The molecule has 93 valence electrons. The van der Waals surface area contributed by atoms with Gasteiger partial charge in [-0.15, -0.1) is 0 Å². The highest BCUT2D eigenvalue weighted by Gasteiger charge is 1.90. The molecule has 0 aromatic heterocycles. The van der Waals surface area contributed by atoms with Crippen molar-refractivity contribution in [1.82, 2.24) is 0 Å². The van der Waals surface area contributed by atoms with Gasteiger partial charge in [-0.25, -0.2) is 0 Å². The lowest BCUT2D eigenvalue weighted by Gasteiger charge is -1.99. The average Bonchev–Trinajstić information content (AvgIpc) is 2.31. The van der Waals surface area contributed by atoms with Gasteiger partial charge in [0.05, 0.1) is 0 Å². The minimum absolute atomic E-state index is 0.976. The van der Waals surface area contributed by atoms with E-state index in [0.29, 0.717) is 0 Å². The summed E-state index contributed by atoms with van der Waals surface area (Å²) in [6.07, 6.45) is 15.9. The Morgan fingerprint density at radius 3 is 2.00 bits per heavy atom. The first-order valence-corrected chi connectivity index (χ1v) is 6.83. The standard InChI is InChI=1S/C15H27O/c1-3-5-6-7-8-9-10-11-12-13-14-15-16-4-2/h4H,3,5-13H2,1-2H3. The lowest BCUT2D eigenvalue weighted by molar-refractivity contribution is 0.374. The molecule has 0 aromatic rings. The Bertz CT molecular complexity index is 176. The second-order valence-electron chi connectivity index (χ2n) is 4.21. The number of hydrogen-bond donors (Lipinski definition) is 0. The van der Waals surface area contributed by atoms with E-state index in [4.69, 9.17) is 4.74 Å². The van der Waals surface area contributed by atoms with Crippen molar-refractivity contribution < 1.29 is 4.74 Å². The summed E-state index contributed by atoms with van der Waals surface area (Å²) in [4.78, 5) is 0. The van der Waals surface area contributed by atoms with E-state index in [2.05, 4.69) is 19.0 Å². The van der Waals surface area contributed by atoms with E-state index >= 15 is 0 Å². The van der Waals surface area contributed by atoms with Crippen molar-refractivity contribution in [3.63, 3.8) is 0 Å². The molecular weight excluding hydrogens is 196 g/mol. The quantitative estimate of drug-likeness (QED) is 0.371. The van der Waals surface area contributed by atoms with Crippen LogP contribution in [0, 0.1) is 18.6 Å². The Morgan fingerprint density at radius 2 is 1.44 bits per heavy atom. The molecule has 0 bridgehead atoms. The number of unbranched alkanes of at least 4 members (excludes halogenated alkanes) is 9. The summed E-state index contributed by atoms with van der Waals surface area (Å²) in [6, 6.07) is 0. The van der Waals surface area contributed by atoms with Crippen molar-refractivity contribution >= 4 is 0 Å². The topological polar surface area (TPSA) is 9.23 Å². The molecule has 0 aliphatic carbocycles. The summed E-state index contributed by atoms with van der Waals surface area (Å²) in [5.74, 6) is 3.00. The molecule has 0 saturated carbocycles. The highest BCUT2D eigenvalue weighted by atomic mass is 16.5. The van der Waals surface area contributed by atoms with Gasteiger partial charge in [-0.3, -0.25) is 0 Å². The van der Waals surface area contributed by atoms with Gasteiger partial charge in [0.2, 0.25) is 0 Å². The SMILES string of the molecule is C[CH]OC#CCCCCCCCCCCC. The predicted molar refractivity (Wildman–Crippen MR) is 70.7 cm³/mol. The molecule has 0 fully saturated rings. The van der Waals surface area contributed by atoms with Crippen molar-refractivity contribution in [3.8, 4) is 12.0 Å². The molecule has 16 heavy (non-hydrogen) atoms. The maximum atomic E-state index is 4.83. The van der Waals surface area contributed by atoms with Crippen LogP contribution in [0.15, 0.2) is 0 Å². The van der Waals surface area contributed by atoms with Crippen molar-refractivity contribution in [2.45, 2.75) is 78.1 Å². The number of hydrogen-bond acceptors (Lipinski definition) is 1. The van der Waals surface area contributed by atoms with Crippen LogP contribution in [-0.4, -0.2) is 0 Å². The van der Waals surface area contributed by atoms with E-state index in [1.54, 1.807) is 6.61 Å². The third-order valence-corrected chi connectivity index (χ3v) is 2.65. The lowest BCUT2D eigenvalue weighted by Crippen LogP contribution is -1.81. The Kier molecular flexibility index (Phi) is 13.8. The first-order valence-electron chi connectivity index (χ1n) is 6.83. The van der Waals surface area contributed by atoms with Crippen LogP contribution >= 0.6 is 0 Å². The second-order valence-corrected chi connectivity index (χ2v) is 4.21. The third-order valence-electron chi connectivity index (χ3n) is 2.65. The predicted octanol–water partition coefficient (Wildman–Crippen LogP) is 5.07. The summed E-state index contributed by atoms with van der Waals surface area (Å²) in [5.41, 5.74) is 0. The van der Waals surface area contributed by atoms with Crippen LogP contribution in [0.4, 0.5) is 0 Å². The van der Waals surface area contributed by atoms with E-state index in [1.807, 2.05) is 6.92 Å². The highest BCUT2D eigenvalue weighted by molar-refractivity contribution is 4.91. The Morgan fingerprint density at radius 1 is 0.875 bits per heavy atom. The monoisotopic (exact) mass is 223 g/mol. The van der Waals surface area contributed by atoms with Gasteiger partial charge in [-0.2, -0.15) is 0 Å². The Hall–Kier alpha value is -0.640. The van der Waals surface area contributed by atoms with Crippen LogP contribution in [-0.2, 0) is 4.74 Å². The van der Waals surface area contributed by atoms with Crippen LogP contribution in [0.25, 0.3) is 0 Å². The van der Waals surface area contributed by atoms with Crippen molar-refractivity contribution in [3.05, 3.63) is 6.61 Å². The van der Waals surface area contributed by atoms with Gasteiger partial charge in [0.25, 0.3) is 0 Å². The van der Waals surface area contributed by atoms with Crippen LogP contribution in [0.2, 0.25) is 0 Å². The smallest absolute Gasteiger partial charge is 0.145 e. The van der Waals surface area contributed by atoms with Crippen LogP contribution in [0.5, 0.6) is 0 Å². The van der Waals surface area contributed by atoms with Gasteiger partial charge in [0, 0.05) is 6.42 Å². The van der Waals surface area contributed by atoms with E-state index in [9.17, 15) is 0 Å². The largest absolute Gasteiger partial charge is 0.440 e. The van der Waals surface area contributed by atoms with Gasteiger partial charge in [-0.1, -0.05) is 64.2 Å². The zero-order valence-electron chi connectivity index (χ0n) is 11.1. The summed E-state index contributed by atoms with van der Waals surface area (Å²) >= 11 is 0. The minimum Gasteiger partial charge on any atom is -0.440 e. The molecule has 0 aliphatic rings. The summed E-state index contributed by atoms with van der Waals surface area (Å²) in [5, 5.41) is 0. The molecule has 0 amide bonds. The fourth-order valence-corrected chi connectivity index (χ4v) is 1.68. The Labute approximate surface area is 102 Å². The number of ether oxygens (including phenoxy) is 1. The zero-order valence-corrected chi connectivity index (χ0v) is 11.1. The van der Waals surface area contributed by atoms with Crippen molar-refractivity contribution in [2.24, 2.45) is 0 Å². The fraction of sp³-hybridized carbons (Fsp3) is 0.800. The Balaban J connectivity index is 2.96. The maximum Gasteiger partial charge on any atom is 0.145 e. The van der Waals surface area contributed by atoms with Gasteiger partial charge < -0.3 is 4.74 Å². The van der Waals surface area contributed by atoms with E-state index < -0.39 is 0 Å². The molecule has 0 rings (SSSR count). The summed E-state index contributed by atoms with van der Waals surface area (Å²) in [7, 11) is 0. The molecule has 0 N–H and O–H groups in total. The molecule has 0 atom stereocenters. The van der Waals surface area contributed by atoms with Gasteiger partial charge in [-0.05, 0) is 13.3 Å². The lowest BCUT2D eigenvalue weighted by atomic mass is 10.1. The first-order chi connectivity index (χ1) is 7.91. The van der Waals surface area contributed by atoms with Gasteiger partial charge >= 0.3 is 0 Å². The number of rotatable bonds is 10. The minimum atomic E-state index is 0.976. The van der Waals surface area contributed by atoms with Crippen LogP contribution < -0.4 is 0 Å². The molecule has 0 saturated heterocycles. The third kappa shape index (κ3) is 13.4. The van der Waals surface area contributed by atoms with Crippen LogP contribution in [0.1, 0.15) is 78.1 Å². The molecule has 0 heterocycles. The zero-order chi connectivity index (χ0) is 11.9. The van der Waals surface area contributed by atoms with Gasteiger partial charge in [0.1, 0.15) is 12.7 Å². The normalized spacial score (nSPS) is 9.62. The van der Waals surface area contributed by atoms with Crippen molar-refractivity contribution in [2.75, 3.05) is 0 Å². The van der Waals surface area contributed by atoms with Crippen LogP contribution in [0.3, 0.4) is 0 Å². The molecular formula is C15H27O. The average molecular weight is 223 g/mol. The van der Waals surface area contributed by atoms with Gasteiger partial charge in [0.15, 0.2) is 0 Å². The first kappa shape index (κ1) is 15.4. The molecule has 0 aliphatic heterocycles. The summed E-state index contributed by atoms with van der Waals surface area (Å²) < 4.78 is 4.83. The maximum absolute atomic E-state index is 4.83. The molecule has 0 aromatic carbocycles.